The van der Waals surface area contributed by atoms with Crippen LogP contribution in [0.4, 0.5) is 18.9 Å². The number of ether oxygens (including phenoxy) is 1. The maximum atomic E-state index is 13.0. The number of carboxylic acids is 1. The zero-order valence-electron chi connectivity index (χ0n) is 13.6. The number of nitrogens with zero attached hydrogens (tertiary/aromatic N) is 1. The molecule has 2 rings (SSSR count). The van der Waals surface area contributed by atoms with Crippen molar-refractivity contribution in [2.24, 2.45) is 5.10 Å². The number of nitrogens with one attached hydrogen (secondary N) is 2. The molecule has 2 N–H and O–H groups in total. The molecule has 2 aromatic rings. The Balaban J connectivity index is 2.02. The van der Waals surface area contributed by atoms with Crippen LogP contribution in [0.15, 0.2) is 53.6 Å². The van der Waals surface area contributed by atoms with Gasteiger partial charge in [0.2, 0.25) is 0 Å². The van der Waals surface area contributed by atoms with Crippen molar-refractivity contribution in [3.05, 3.63) is 59.7 Å². The molecule has 0 bridgehead atoms. The van der Waals surface area contributed by atoms with E-state index in [0.717, 1.165) is 6.07 Å². The van der Waals surface area contributed by atoms with Crippen LogP contribution in [0.1, 0.15) is 11.1 Å². The molecule has 142 valence electrons. The standard InChI is InChI=1S/C17H14F3N3O3S/c18-17(19,20)12-6-2-3-7-13(12)22-16(27)23-21-9-11-5-1-4-8-14(11)26-10-15(24)25/h1-9H,10H2,(H,24,25)(H2,22,23,27)/p-1/b21-9-. The molecule has 6 nitrogen and oxygen atoms in total. The van der Waals surface area contributed by atoms with E-state index in [1.807, 2.05) is 0 Å². The molecule has 0 spiro atoms. The maximum absolute atomic E-state index is 13.0. The Hall–Kier alpha value is -3.14. The number of carbonyl (C=O) groups excluding carboxylic acids is 1. The number of rotatable bonds is 6. The Labute approximate surface area is 157 Å². The van der Waals surface area contributed by atoms with Gasteiger partial charge in [0.25, 0.3) is 0 Å². The minimum atomic E-state index is -4.53. The van der Waals surface area contributed by atoms with Gasteiger partial charge in [0.05, 0.1) is 23.4 Å². The Kier molecular flexibility index (Phi) is 6.72. The SMILES string of the molecule is O=C([O-])COc1ccccc1/C=N\NC(=S)Nc1ccccc1C(F)(F)F. The summed E-state index contributed by atoms with van der Waals surface area (Å²) < 4.78 is 43.9. The molecule has 0 fully saturated rings. The molecule has 2 aromatic carbocycles. The Morgan fingerprint density at radius 1 is 1.19 bits per heavy atom. The third-order valence-electron chi connectivity index (χ3n) is 3.11. The lowest BCUT2D eigenvalue weighted by atomic mass is 10.2. The second-order valence-corrected chi connectivity index (χ2v) is 5.47. The van der Waals surface area contributed by atoms with Crippen LogP contribution in [0.3, 0.4) is 0 Å². The summed E-state index contributed by atoms with van der Waals surface area (Å²) >= 11 is 4.93. The summed E-state index contributed by atoms with van der Waals surface area (Å²) in [6, 6.07) is 11.3. The minimum Gasteiger partial charge on any atom is -0.546 e. The van der Waals surface area contributed by atoms with E-state index in [1.165, 1.54) is 30.5 Å². The summed E-state index contributed by atoms with van der Waals surface area (Å²) in [5, 5.41) is 16.6. The number of hydrogen-bond donors (Lipinski definition) is 2. The smallest absolute Gasteiger partial charge is 0.418 e. The lowest BCUT2D eigenvalue weighted by molar-refractivity contribution is -0.307. The zero-order valence-corrected chi connectivity index (χ0v) is 14.4. The van der Waals surface area contributed by atoms with Gasteiger partial charge in [-0.15, -0.1) is 0 Å². The summed E-state index contributed by atoms with van der Waals surface area (Å²) in [6.45, 7) is -0.632. The van der Waals surface area contributed by atoms with Crippen molar-refractivity contribution in [2.75, 3.05) is 11.9 Å². The van der Waals surface area contributed by atoms with Crippen LogP contribution >= 0.6 is 12.2 Å². The number of thiocarbonyl (C=S) groups is 1. The van der Waals surface area contributed by atoms with Crippen molar-refractivity contribution in [1.29, 1.82) is 0 Å². The summed E-state index contributed by atoms with van der Waals surface area (Å²) in [4.78, 5) is 10.5. The van der Waals surface area contributed by atoms with Crippen LogP contribution in [-0.4, -0.2) is 23.9 Å². The molecule has 0 aliphatic heterocycles. The molecule has 0 radical (unpaired) electrons. The molecule has 0 atom stereocenters. The lowest BCUT2D eigenvalue weighted by Gasteiger charge is -2.14. The van der Waals surface area contributed by atoms with Gasteiger partial charge >= 0.3 is 6.18 Å². The van der Waals surface area contributed by atoms with Crippen molar-refractivity contribution < 1.29 is 27.8 Å². The number of benzene rings is 2. The van der Waals surface area contributed by atoms with Gasteiger partial charge in [-0.3, -0.25) is 5.43 Å². The van der Waals surface area contributed by atoms with E-state index in [4.69, 9.17) is 17.0 Å². The average Bonchev–Trinajstić information content (AvgIpc) is 2.60. The number of para-hydroxylation sites is 2. The normalized spacial score (nSPS) is 11.2. The van der Waals surface area contributed by atoms with E-state index in [-0.39, 0.29) is 16.5 Å². The van der Waals surface area contributed by atoms with E-state index in [2.05, 4.69) is 15.8 Å². The molecule has 0 saturated heterocycles. The Morgan fingerprint density at radius 2 is 1.85 bits per heavy atom. The first-order valence-electron chi connectivity index (χ1n) is 7.45. The average molecular weight is 396 g/mol. The van der Waals surface area contributed by atoms with E-state index in [1.54, 1.807) is 18.2 Å². The largest absolute Gasteiger partial charge is 0.546 e. The second kappa shape index (κ2) is 8.99. The maximum Gasteiger partial charge on any atom is 0.418 e. The molecule has 0 unspecified atom stereocenters. The fourth-order valence-electron chi connectivity index (χ4n) is 2.01. The number of carboxylic acid groups (broad SMARTS) is 1. The van der Waals surface area contributed by atoms with Crippen molar-refractivity contribution in [3.8, 4) is 5.75 Å². The summed E-state index contributed by atoms with van der Waals surface area (Å²) in [5.41, 5.74) is 1.75. The highest BCUT2D eigenvalue weighted by Gasteiger charge is 2.33. The molecular formula is C17H13F3N3O3S-. The first-order chi connectivity index (χ1) is 12.8. The fourth-order valence-corrected chi connectivity index (χ4v) is 2.17. The summed E-state index contributed by atoms with van der Waals surface area (Å²) in [6.07, 6.45) is -3.24. The number of anilines is 1. The topological polar surface area (TPSA) is 85.8 Å². The number of halogens is 3. The monoisotopic (exact) mass is 396 g/mol. The lowest BCUT2D eigenvalue weighted by Crippen LogP contribution is -2.29. The van der Waals surface area contributed by atoms with Gasteiger partial charge in [-0.2, -0.15) is 18.3 Å². The van der Waals surface area contributed by atoms with Gasteiger partial charge < -0.3 is 20.0 Å². The van der Waals surface area contributed by atoms with Crippen LogP contribution in [0, 0.1) is 0 Å². The third kappa shape index (κ3) is 6.26. The van der Waals surface area contributed by atoms with Gasteiger partial charge in [0, 0.05) is 5.56 Å². The first-order valence-corrected chi connectivity index (χ1v) is 7.86. The van der Waals surface area contributed by atoms with Crippen molar-refractivity contribution in [3.63, 3.8) is 0 Å². The molecular weight excluding hydrogens is 383 g/mol. The van der Waals surface area contributed by atoms with E-state index < -0.39 is 24.3 Å². The molecule has 0 aromatic heterocycles. The highest BCUT2D eigenvalue weighted by Crippen LogP contribution is 2.34. The van der Waals surface area contributed by atoms with Crippen LogP contribution in [0.25, 0.3) is 0 Å². The Morgan fingerprint density at radius 3 is 2.56 bits per heavy atom. The van der Waals surface area contributed by atoms with E-state index >= 15 is 0 Å². The quantitative estimate of drug-likeness (QED) is 0.442. The van der Waals surface area contributed by atoms with Crippen LogP contribution in [0.2, 0.25) is 0 Å². The molecule has 10 heteroatoms. The fraction of sp³-hybridized carbons (Fsp3) is 0.118. The highest BCUT2D eigenvalue weighted by molar-refractivity contribution is 7.80. The number of aliphatic carboxylic acids is 1. The van der Waals surface area contributed by atoms with Gasteiger partial charge in [-0.1, -0.05) is 24.3 Å². The highest BCUT2D eigenvalue weighted by atomic mass is 32.1. The van der Waals surface area contributed by atoms with E-state index in [0.29, 0.717) is 5.56 Å². The van der Waals surface area contributed by atoms with Gasteiger partial charge in [-0.25, -0.2) is 0 Å². The number of carbonyl (C=O) groups is 1. The van der Waals surface area contributed by atoms with Crippen molar-refractivity contribution in [1.82, 2.24) is 5.43 Å². The molecule has 27 heavy (non-hydrogen) atoms. The van der Waals surface area contributed by atoms with E-state index in [9.17, 15) is 23.1 Å². The second-order valence-electron chi connectivity index (χ2n) is 5.07. The third-order valence-corrected chi connectivity index (χ3v) is 3.31. The van der Waals surface area contributed by atoms with Crippen molar-refractivity contribution >= 4 is 35.2 Å². The molecule has 0 heterocycles. The molecule has 0 saturated carbocycles. The van der Waals surface area contributed by atoms with Crippen LogP contribution < -0.4 is 20.6 Å². The van der Waals surface area contributed by atoms with Gasteiger partial charge in [-0.05, 0) is 36.5 Å². The predicted octanol–water partition coefficient (Wildman–Crippen LogP) is 2.15. The Bertz CT molecular complexity index is 857. The number of hydrogen-bond acceptors (Lipinski definition) is 5. The number of hydrazone groups is 1. The zero-order chi connectivity index (χ0) is 19.9. The van der Waals surface area contributed by atoms with Gasteiger partial charge in [0.1, 0.15) is 12.4 Å². The van der Waals surface area contributed by atoms with Crippen molar-refractivity contribution in [2.45, 2.75) is 6.18 Å². The molecule has 0 aliphatic carbocycles. The first kappa shape index (κ1) is 20.2. The van der Waals surface area contributed by atoms with Crippen LogP contribution in [-0.2, 0) is 11.0 Å². The number of alkyl halides is 3. The summed E-state index contributed by atoms with van der Waals surface area (Å²) in [5.74, 6) is -1.14. The summed E-state index contributed by atoms with van der Waals surface area (Å²) in [7, 11) is 0. The van der Waals surface area contributed by atoms with Crippen LogP contribution in [0.5, 0.6) is 5.75 Å². The van der Waals surface area contributed by atoms with Gasteiger partial charge in [0.15, 0.2) is 5.11 Å². The predicted molar refractivity (Wildman–Crippen MR) is 95.3 cm³/mol. The molecule has 0 amide bonds. The minimum absolute atomic E-state index is 0.156. The molecule has 0 aliphatic rings.